The van der Waals surface area contributed by atoms with Crippen LogP contribution in [0.2, 0.25) is 5.02 Å². The SMILES string of the molecule is CCCC(CC(C)C)OC(=O)c1ccccc1Cl. The first-order chi connectivity index (χ1) is 8.54. The molecule has 0 saturated carbocycles. The summed E-state index contributed by atoms with van der Waals surface area (Å²) in [5, 5.41) is 0.447. The Hall–Kier alpha value is -1.02. The zero-order valence-electron chi connectivity index (χ0n) is 11.3. The average Bonchev–Trinajstić information content (AvgIpc) is 2.28. The molecule has 0 spiro atoms. The summed E-state index contributed by atoms with van der Waals surface area (Å²) in [6.45, 7) is 6.36. The molecule has 0 aliphatic heterocycles. The van der Waals surface area contributed by atoms with E-state index in [1.807, 2.05) is 0 Å². The van der Waals surface area contributed by atoms with Crippen LogP contribution in [0.25, 0.3) is 0 Å². The van der Waals surface area contributed by atoms with Crippen molar-refractivity contribution < 1.29 is 9.53 Å². The first-order valence-corrected chi connectivity index (χ1v) is 6.87. The van der Waals surface area contributed by atoms with Gasteiger partial charge in [0.15, 0.2) is 0 Å². The summed E-state index contributed by atoms with van der Waals surface area (Å²) in [6, 6.07) is 7.00. The fourth-order valence-electron chi connectivity index (χ4n) is 1.91. The van der Waals surface area contributed by atoms with Crippen molar-refractivity contribution in [1.82, 2.24) is 0 Å². The number of carbonyl (C=O) groups is 1. The van der Waals surface area contributed by atoms with Gasteiger partial charge in [0.1, 0.15) is 6.10 Å². The molecule has 0 aromatic heterocycles. The molecule has 1 rings (SSSR count). The van der Waals surface area contributed by atoms with E-state index in [0.29, 0.717) is 16.5 Å². The van der Waals surface area contributed by atoms with Crippen LogP contribution in [-0.2, 0) is 4.74 Å². The third-order valence-electron chi connectivity index (χ3n) is 2.71. The molecule has 1 atom stereocenters. The van der Waals surface area contributed by atoms with Crippen LogP contribution in [0.1, 0.15) is 50.4 Å². The van der Waals surface area contributed by atoms with Crippen LogP contribution >= 0.6 is 11.6 Å². The summed E-state index contributed by atoms with van der Waals surface area (Å²) >= 11 is 5.98. The highest BCUT2D eigenvalue weighted by molar-refractivity contribution is 6.33. The smallest absolute Gasteiger partial charge is 0.339 e. The van der Waals surface area contributed by atoms with Gasteiger partial charge in [0.05, 0.1) is 10.6 Å². The largest absolute Gasteiger partial charge is 0.459 e. The van der Waals surface area contributed by atoms with Crippen LogP contribution in [0.5, 0.6) is 0 Å². The number of hydrogen-bond acceptors (Lipinski definition) is 2. The molecule has 0 fully saturated rings. The third kappa shape index (κ3) is 4.69. The minimum atomic E-state index is -0.320. The van der Waals surface area contributed by atoms with E-state index in [1.54, 1.807) is 24.3 Å². The predicted octanol–water partition coefficient (Wildman–Crippen LogP) is 4.71. The van der Waals surface area contributed by atoms with Gasteiger partial charge >= 0.3 is 5.97 Å². The molecule has 0 heterocycles. The summed E-state index contributed by atoms with van der Waals surface area (Å²) in [5.74, 6) is 0.195. The van der Waals surface area contributed by atoms with Gasteiger partial charge in [-0.05, 0) is 30.9 Å². The number of carbonyl (C=O) groups excluding carboxylic acids is 1. The fourth-order valence-corrected chi connectivity index (χ4v) is 2.13. The molecule has 18 heavy (non-hydrogen) atoms. The number of esters is 1. The lowest BCUT2D eigenvalue weighted by Gasteiger charge is -2.19. The van der Waals surface area contributed by atoms with Crippen LogP contribution < -0.4 is 0 Å². The molecule has 0 aliphatic carbocycles. The monoisotopic (exact) mass is 268 g/mol. The first kappa shape index (κ1) is 15.0. The van der Waals surface area contributed by atoms with E-state index in [4.69, 9.17) is 16.3 Å². The maximum atomic E-state index is 12.0. The molecule has 3 heteroatoms. The van der Waals surface area contributed by atoms with Crippen LogP contribution in [0.15, 0.2) is 24.3 Å². The van der Waals surface area contributed by atoms with Gasteiger partial charge in [0.2, 0.25) is 0 Å². The van der Waals surface area contributed by atoms with Gasteiger partial charge in [-0.3, -0.25) is 0 Å². The minimum absolute atomic E-state index is 0.0150. The third-order valence-corrected chi connectivity index (χ3v) is 3.04. The van der Waals surface area contributed by atoms with Gasteiger partial charge in [-0.2, -0.15) is 0 Å². The number of ether oxygens (including phenoxy) is 1. The topological polar surface area (TPSA) is 26.3 Å². The molecule has 0 bridgehead atoms. The van der Waals surface area contributed by atoms with Crippen molar-refractivity contribution in [3.63, 3.8) is 0 Å². The Morgan fingerprint density at radius 3 is 2.56 bits per heavy atom. The molecule has 0 aliphatic rings. The molecule has 0 amide bonds. The zero-order valence-corrected chi connectivity index (χ0v) is 12.0. The lowest BCUT2D eigenvalue weighted by Crippen LogP contribution is -2.20. The predicted molar refractivity (Wildman–Crippen MR) is 75.0 cm³/mol. The van der Waals surface area contributed by atoms with E-state index in [-0.39, 0.29) is 12.1 Å². The van der Waals surface area contributed by atoms with Crippen LogP contribution in [-0.4, -0.2) is 12.1 Å². The summed E-state index contributed by atoms with van der Waals surface area (Å²) in [7, 11) is 0. The maximum Gasteiger partial charge on any atom is 0.339 e. The standard InChI is InChI=1S/C15H21ClO2/c1-4-7-12(10-11(2)3)18-15(17)13-8-5-6-9-14(13)16/h5-6,8-9,11-12H,4,7,10H2,1-3H3. The maximum absolute atomic E-state index is 12.0. The van der Waals surface area contributed by atoms with E-state index < -0.39 is 0 Å². The van der Waals surface area contributed by atoms with E-state index in [9.17, 15) is 4.79 Å². The van der Waals surface area contributed by atoms with Gasteiger partial charge in [0.25, 0.3) is 0 Å². The Kier molecular flexibility index (Phi) is 6.20. The zero-order chi connectivity index (χ0) is 13.5. The van der Waals surface area contributed by atoms with Crippen molar-refractivity contribution >= 4 is 17.6 Å². The number of halogens is 1. The molecule has 1 aromatic carbocycles. The van der Waals surface area contributed by atoms with E-state index in [2.05, 4.69) is 20.8 Å². The second-order valence-corrected chi connectivity index (χ2v) is 5.33. The molecule has 100 valence electrons. The fraction of sp³-hybridized carbons (Fsp3) is 0.533. The Morgan fingerprint density at radius 1 is 1.33 bits per heavy atom. The second kappa shape index (κ2) is 7.42. The molecule has 0 N–H and O–H groups in total. The highest BCUT2D eigenvalue weighted by Crippen LogP contribution is 2.20. The van der Waals surface area contributed by atoms with Crippen LogP contribution in [0.3, 0.4) is 0 Å². The highest BCUT2D eigenvalue weighted by Gasteiger charge is 2.18. The van der Waals surface area contributed by atoms with Crippen molar-refractivity contribution in [3.8, 4) is 0 Å². The quantitative estimate of drug-likeness (QED) is 0.699. The Morgan fingerprint density at radius 2 is 2.00 bits per heavy atom. The van der Waals surface area contributed by atoms with Gasteiger partial charge in [0, 0.05) is 0 Å². The van der Waals surface area contributed by atoms with Crippen molar-refractivity contribution in [3.05, 3.63) is 34.9 Å². The van der Waals surface area contributed by atoms with Crippen molar-refractivity contribution in [2.75, 3.05) is 0 Å². The summed E-state index contributed by atoms with van der Waals surface area (Å²) in [4.78, 5) is 12.0. The molecule has 0 radical (unpaired) electrons. The van der Waals surface area contributed by atoms with Gasteiger partial charge in [-0.25, -0.2) is 4.79 Å². The molecule has 1 unspecified atom stereocenters. The summed E-state index contributed by atoms with van der Waals surface area (Å²) in [6.07, 6.45) is 2.78. The number of hydrogen-bond donors (Lipinski definition) is 0. The molecule has 0 saturated heterocycles. The van der Waals surface area contributed by atoms with E-state index in [0.717, 1.165) is 19.3 Å². The Balaban J connectivity index is 2.69. The first-order valence-electron chi connectivity index (χ1n) is 6.50. The summed E-state index contributed by atoms with van der Waals surface area (Å²) in [5.41, 5.74) is 0.448. The van der Waals surface area contributed by atoms with E-state index in [1.165, 1.54) is 0 Å². The molecule has 1 aromatic rings. The highest BCUT2D eigenvalue weighted by atomic mass is 35.5. The summed E-state index contributed by atoms with van der Waals surface area (Å²) < 4.78 is 5.55. The number of benzene rings is 1. The van der Waals surface area contributed by atoms with Crippen LogP contribution in [0.4, 0.5) is 0 Å². The lowest BCUT2D eigenvalue weighted by molar-refractivity contribution is 0.0230. The van der Waals surface area contributed by atoms with Gasteiger partial charge in [-0.15, -0.1) is 0 Å². The molecular formula is C15H21ClO2. The minimum Gasteiger partial charge on any atom is -0.459 e. The molecule has 2 nitrogen and oxygen atoms in total. The van der Waals surface area contributed by atoms with Crippen molar-refractivity contribution in [1.29, 1.82) is 0 Å². The van der Waals surface area contributed by atoms with Gasteiger partial charge in [-0.1, -0.05) is 50.9 Å². The average molecular weight is 269 g/mol. The van der Waals surface area contributed by atoms with Crippen molar-refractivity contribution in [2.45, 2.75) is 46.1 Å². The lowest BCUT2D eigenvalue weighted by atomic mass is 10.0. The number of rotatable bonds is 6. The Bertz CT molecular complexity index is 388. The van der Waals surface area contributed by atoms with Crippen molar-refractivity contribution in [2.24, 2.45) is 5.92 Å². The van der Waals surface area contributed by atoms with E-state index >= 15 is 0 Å². The Labute approximate surface area is 114 Å². The van der Waals surface area contributed by atoms with Gasteiger partial charge < -0.3 is 4.74 Å². The van der Waals surface area contributed by atoms with Crippen LogP contribution in [0, 0.1) is 5.92 Å². The molecular weight excluding hydrogens is 248 g/mol. The second-order valence-electron chi connectivity index (χ2n) is 4.93. The normalized spacial score (nSPS) is 12.5.